The lowest BCUT2D eigenvalue weighted by Crippen LogP contribution is -2.27. The number of nitrogens with two attached hydrogens (primary N) is 1. The van der Waals surface area contributed by atoms with Crippen molar-refractivity contribution < 1.29 is 9.53 Å². The van der Waals surface area contributed by atoms with Crippen LogP contribution in [0.5, 0.6) is 0 Å². The number of anilines is 3. The zero-order valence-electron chi connectivity index (χ0n) is 10.7. The summed E-state index contributed by atoms with van der Waals surface area (Å²) in [7, 11) is 0. The van der Waals surface area contributed by atoms with Gasteiger partial charge in [0.15, 0.2) is 0 Å². The molecule has 0 amide bonds. The van der Waals surface area contributed by atoms with Gasteiger partial charge in [0.25, 0.3) is 0 Å². The van der Waals surface area contributed by atoms with Gasteiger partial charge >= 0.3 is 11.7 Å². The fourth-order valence-electron chi connectivity index (χ4n) is 1.44. The Morgan fingerprint density at radius 2 is 2.10 bits per heavy atom. The van der Waals surface area contributed by atoms with Crippen molar-refractivity contribution in [3.8, 4) is 0 Å². The van der Waals surface area contributed by atoms with Crippen LogP contribution >= 0.6 is 0 Å². The summed E-state index contributed by atoms with van der Waals surface area (Å²) in [5.74, 6) is -0.439. The number of carbonyl (C=O) groups is 1. The first-order chi connectivity index (χ1) is 9.61. The topological polar surface area (TPSA) is 112 Å². The van der Waals surface area contributed by atoms with Crippen LogP contribution in [0.1, 0.15) is 6.92 Å². The highest BCUT2D eigenvalue weighted by molar-refractivity contribution is 5.74. The molecule has 0 bridgehead atoms. The number of hydrogen-bond acceptors (Lipinski definition) is 7. The number of rotatable bonds is 3. The summed E-state index contributed by atoms with van der Waals surface area (Å²) in [4.78, 5) is 26.9. The van der Waals surface area contributed by atoms with E-state index in [1.54, 1.807) is 31.2 Å². The fraction of sp³-hybridized carbons (Fsp3) is 0.167. The first kappa shape index (κ1) is 13.5. The van der Waals surface area contributed by atoms with Gasteiger partial charge in [0.05, 0.1) is 6.61 Å². The Bertz CT molecular complexity index is 669. The molecule has 1 aromatic carbocycles. The predicted molar refractivity (Wildman–Crippen MR) is 72.8 cm³/mol. The van der Waals surface area contributed by atoms with Crippen LogP contribution in [-0.4, -0.2) is 27.5 Å². The summed E-state index contributed by atoms with van der Waals surface area (Å²) >= 11 is 0. The molecule has 0 radical (unpaired) electrons. The second-order valence-electron chi connectivity index (χ2n) is 3.73. The maximum absolute atomic E-state index is 11.8. The van der Waals surface area contributed by atoms with E-state index in [0.29, 0.717) is 5.69 Å². The van der Waals surface area contributed by atoms with Crippen molar-refractivity contribution in [2.75, 3.05) is 17.7 Å². The summed E-state index contributed by atoms with van der Waals surface area (Å²) in [6.07, 6.45) is -0.773. The van der Waals surface area contributed by atoms with E-state index in [1.165, 1.54) is 0 Å². The molecule has 0 fully saturated rings. The molecule has 0 unspecified atom stereocenters. The van der Waals surface area contributed by atoms with Gasteiger partial charge in [-0.2, -0.15) is 4.98 Å². The Kier molecular flexibility index (Phi) is 3.94. The minimum absolute atomic E-state index is 0.0612. The highest BCUT2D eigenvalue weighted by atomic mass is 16.6. The van der Waals surface area contributed by atoms with E-state index in [4.69, 9.17) is 10.5 Å². The van der Waals surface area contributed by atoms with Gasteiger partial charge in [-0.25, -0.2) is 4.79 Å². The van der Waals surface area contributed by atoms with Crippen LogP contribution < -0.4 is 16.6 Å². The number of nitrogens with one attached hydrogen (secondary N) is 1. The Balaban J connectivity index is 2.42. The van der Waals surface area contributed by atoms with Crippen molar-refractivity contribution in [1.82, 2.24) is 14.8 Å². The van der Waals surface area contributed by atoms with Gasteiger partial charge in [-0.15, -0.1) is 9.78 Å². The maximum Gasteiger partial charge on any atom is 0.438 e. The average Bonchev–Trinajstić information content (AvgIpc) is 2.44. The lowest BCUT2D eigenvalue weighted by molar-refractivity contribution is 0.150. The summed E-state index contributed by atoms with van der Waals surface area (Å²) in [5, 5.41) is 6.48. The first-order valence-electron chi connectivity index (χ1n) is 5.88. The van der Waals surface area contributed by atoms with E-state index in [0.717, 1.165) is 4.68 Å². The summed E-state index contributed by atoms with van der Waals surface area (Å²) in [6, 6.07) is 8.91. The van der Waals surface area contributed by atoms with Gasteiger partial charge in [-0.1, -0.05) is 18.2 Å². The molecule has 2 aromatic rings. The average molecular weight is 275 g/mol. The zero-order chi connectivity index (χ0) is 14.5. The molecule has 0 aliphatic rings. The second kappa shape index (κ2) is 5.83. The van der Waals surface area contributed by atoms with E-state index in [9.17, 15) is 9.59 Å². The lowest BCUT2D eigenvalue weighted by Gasteiger charge is -2.11. The normalized spacial score (nSPS) is 10.1. The molecule has 0 spiro atoms. The molecule has 8 nitrogen and oxygen atoms in total. The van der Waals surface area contributed by atoms with E-state index in [-0.39, 0.29) is 18.4 Å². The number of hydrogen-bond donors (Lipinski definition) is 2. The molecule has 0 aliphatic heterocycles. The molecule has 0 atom stereocenters. The van der Waals surface area contributed by atoms with E-state index in [2.05, 4.69) is 15.4 Å². The number of nitrogens with zero attached hydrogens (tertiary/aromatic N) is 3. The van der Waals surface area contributed by atoms with Crippen molar-refractivity contribution >= 4 is 23.5 Å². The Morgan fingerprint density at radius 3 is 2.75 bits per heavy atom. The molecule has 0 aliphatic carbocycles. The zero-order valence-corrected chi connectivity index (χ0v) is 10.7. The first-order valence-corrected chi connectivity index (χ1v) is 5.88. The maximum atomic E-state index is 11.8. The van der Waals surface area contributed by atoms with Crippen LogP contribution in [0, 0.1) is 0 Å². The molecule has 1 aromatic heterocycles. The van der Waals surface area contributed by atoms with E-state index >= 15 is 0 Å². The third kappa shape index (κ3) is 2.91. The number of para-hydroxylation sites is 1. The highest BCUT2D eigenvalue weighted by Gasteiger charge is 2.15. The number of benzene rings is 1. The minimum Gasteiger partial charge on any atom is -0.448 e. The predicted octanol–water partition coefficient (Wildman–Crippen LogP) is 0.969. The Morgan fingerprint density at radius 1 is 1.40 bits per heavy atom. The third-order valence-corrected chi connectivity index (χ3v) is 2.31. The van der Waals surface area contributed by atoms with Crippen molar-refractivity contribution in [3.05, 3.63) is 40.7 Å². The monoisotopic (exact) mass is 275 g/mol. The standard InChI is InChI=1S/C12H13N5O3/c1-2-20-12(19)17-11(15-10(18)9(13)16-17)14-8-6-4-3-5-7-8/h3-7H,2H2,1H3,(H2,13,16)(H,14,15,18). The van der Waals surface area contributed by atoms with E-state index in [1.807, 2.05) is 6.07 Å². The number of aromatic nitrogens is 3. The molecule has 1 heterocycles. The van der Waals surface area contributed by atoms with Crippen LogP contribution in [-0.2, 0) is 4.74 Å². The Labute approximate surface area is 114 Å². The fourth-order valence-corrected chi connectivity index (χ4v) is 1.44. The van der Waals surface area contributed by atoms with Crippen molar-refractivity contribution in [2.45, 2.75) is 6.92 Å². The third-order valence-electron chi connectivity index (χ3n) is 2.31. The summed E-state index contributed by atoms with van der Waals surface area (Å²) < 4.78 is 5.64. The van der Waals surface area contributed by atoms with Crippen LogP contribution in [0.25, 0.3) is 0 Å². The lowest BCUT2D eigenvalue weighted by atomic mass is 10.3. The Hall–Kier alpha value is -2.90. The van der Waals surface area contributed by atoms with Gasteiger partial charge in [-0.05, 0) is 19.1 Å². The largest absolute Gasteiger partial charge is 0.448 e. The smallest absolute Gasteiger partial charge is 0.438 e. The van der Waals surface area contributed by atoms with Crippen LogP contribution in [0.4, 0.5) is 22.2 Å². The molecule has 2 rings (SSSR count). The molecular formula is C12H13N5O3. The van der Waals surface area contributed by atoms with E-state index < -0.39 is 11.7 Å². The highest BCUT2D eigenvalue weighted by Crippen LogP contribution is 2.12. The van der Waals surface area contributed by atoms with Crippen molar-refractivity contribution in [3.63, 3.8) is 0 Å². The second-order valence-corrected chi connectivity index (χ2v) is 3.73. The van der Waals surface area contributed by atoms with Crippen molar-refractivity contribution in [1.29, 1.82) is 0 Å². The van der Waals surface area contributed by atoms with Gasteiger partial charge in [-0.3, -0.25) is 4.79 Å². The number of nitrogen functional groups attached to an aromatic ring is 1. The molecule has 8 heteroatoms. The van der Waals surface area contributed by atoms with Gasteiger partial charge < -0.3 is 15.8 Å². The number of ether oxygens (including phenoxy) is 1. The summed E-state index contributed by atoms with van der Waals surface area (Å²) in [6.45, 7) is 1.82. The molecule has 3 N–H and O–H groups in total. The minimum atomic E-state index is -0.773. The van der Waals surface area contributed by atoms with Crippen LogP contribution in [0.15, 0.2) is 35.1 Å². The van der Waals surface area contributed by atoms with Gasteiger partial charge in [0, 0.05) is 5.69 Å². The number of carbonyl (C=O) groups excluding carboxylic acids is 1. The molecule has 0 saturated heterocycles. The van der Waals surface area contributed by atoms with Crippen molar-refractivity contribution in [2.24, 2.45) is 0 Å². The summed E-state index contributed by atoms with van der Waals surface area (Å²) in [5.41, 5.74) is 5.30. The quantitative estimate of drug-likeness (QED) is 0.858. The molecular weight excluding hydrogens is 262 g/mol. The SMILES string of the molecule is CCOC(=O)n1nc(N)c(=O)nc1Nc1ccccc1. The molecule has 20 heavy (non-hydrogen) atoms. The van der Waals surface area contributed by atoms with Gasteiger partial charge in [0.2, 0.25) is 11.8 Å². The molecule has 104 valence electrons. The molecule has 0 saturated carbocycles. The van der Waals surface area contributed by atoms with Crippen LogP contribution in [0.3, 0.4) is 0 Å². The van der Waals surface area contributed by atoms with Gasteiger partial charge in [0.1, 0.15) is 0 Å². The van der Waals surface area contributed by atoms with Crippen LogP contribution in [0.2, 0.25) is 0 Å².